The van der Waals surface area contributed by atoms with Gasteiger partial charge in [-0.25, -0.2) is 0 Å². The number of rotatable bonds is 3. The molecule has 0 aromatic heterocycles. The second-order valence-corrected chi connectivity index (χ2v) is 4.90. The molecular weight excluding hydrogens is 164 g/mol. The summed E-state index contributed by atoms with van der Waals surface area (Å²) in [5.74, 6) is 0. The van der Waals surface area contributed by atoms with Gasteiger partial charge >= 0.3 is 0 Å². The van der Waals surface area contributed by atoms with Crippen molar-refractivity contribution in [3.63, 3.8) is 0 Å². The van der Waals surface area contributed by atoms with Gasteiger partial charge in [-0.3, -0.25) is 0 Å². The van der Waals surface area contributed by atoms with E-state index in [4.69, 9.17) is 0 Å². The van der Waals surface area contributed by atoms with Crippen LogP contribution in [0, 0.1) is 0 Å². The molecule has 0 saturated carbocycles. The molecule has 3 heteroatoms. The van der Waals surface area contributed by atoms with Crippen molar-refractivity contribution in [3.05, 3.63) is 0 Å². The molecule has 0 aromatic rings. The molecule has 1 aliphatic heterocycles. The highest BCUT2D eigenvalue weighted by Gasteiger charge is 2.23. The number of aliphatic hydroxyl groups is 1. The fourth-order valence-electron chi connectivity index (χ4n) is 1.59. The van der Waals surface area contributed by atoms with E-state index in [9.17, 15) is 5.11 Å². The van der Waals surface area contributed by atoms with Gasteiger partial charge in [-0.15, -0.1) is 0 Å². The van der Waals surface area contributed by atoms with Crippen molar-refractivity contribution in [1.29, 1.82) is 0 Å². The highest BCUT2D eigenvalue weighted by Crippen LogP contribution is 2.09. The summed E-state index contributed by atoms with van der Waals surface area (Å²) in [5.41, 5.74) is 0.0968. The molecule has 0 radical (unpaired) electrons. The zero-order valence-corrected chi connectivity index (χ0v) is 8.93. The maximum absolute atomic E-state index is 9.79. The molecule has 1 aliphatic rings. The van der Waals surface area contributed by atoms with Gasteiger partial charge in [-0.2, -0.15) is 0 Å². The molecule has 0 aliphatic carbocycles. The van der Waals surface area contributed by atoms with Crippen LogP contribution in [0.5, 0.6) is 0 Å². The normalized spacial score (nSPS) is 26.3. The highest BCUT2D eigenvalue weighted by atomic mass is 16.3. The summed E-state index contributed by atoms with van der Waals surface area (Å²) in [6.45, 7) is 8.07. The summed E-state index contributed by atoms with van der Waals surface area (Å²) in [5, 5.41) is 16.4. The Kier molecular flexibility index (Phi) is 3.71. The lowest BCUT2D eigenvalue weighted by Crippen LogP contribution is -2.47. The first-order valence-electron chi connectivity index (χ1n) is 5.15. The van der Waals surface area contributed by atoms with E-state index < -0.39 is 0 Å². The smallest absolute Gasteiger partial charge is 0.0817 e. The molecule has 0 spiro atoms. The fraction of sp³-hybridized carbons (Fsp3) is 1.00. The third-order valence-corrected chi connectivity index (χ3v) is 2.40. The Bertz CT molecular complexity index is 147. The Balaban J connectivity index is 2.20. The minimum absolute atomic E-state index is 0.0968. The molecule has 0 bridgehead atoms. The Hall–Kier alpha value is -0.120. The van der Waals surface area contributed by atoms with Crippen molar-refractivity contribution in [3.8, 4) is 0 Å². The van der Waals surface area contributed by atoms with E-state index in [2.05, 4.69) is 31.4 Å². The van der Waals surface area contributed by atoms with Crippen molar-refractivity contribution in [2.45, 2.75) is 51.3 Å². The van der Waals surface area contributed by atoms with Crippen LogP contribution in [-0.4, -0.2) is 35.9 Å². The van der Waals surface area contributed by atoms with Crippen LogP contribution in [-0.2, 0) is 0 Å². The fourth-order valence-corrected chi connectivity index (χ4v) is 1.59. The van der Waals surface area contributed by atoms with Crippen LogP contribution >= 0.6 is 0 Å². The predicted octanol–water partition coefficient (Wildman–Crippen LogP) is 0.487. The van der Waals surface area contributed by atoms with Crippen molar-refractivity contribution in [2.75, 3.05) is 13.1 Å². The van der Waals surface area contributed by atoms with Gasteiger partial charge in [0.05, 0.1) is 6.10 Å². The molecular formula is C10H22N2O. The Morgan fingerprint density at radius 2 is 2.23 bits per heavy atom. The molecule has 2 unspecified atom stereocenters. The molecule has 2 atom stereocenters. The van der Waals surface area contributed by atoms with E-state index in [1.807, 2.05) is 0 Å². The van der Waals surface area contributed by atoms with Crippen molar-refractivity contribution < 1.29 is 5.11 Å². The van der Waals surface area contributed by atoms with E-state index >= 15 is 0 Å². The molecule has 13 heavy (non-hydrogen) atoms. The first-order valence-corrected chi connectivity index (χ1v) is 5.15. The predicted molar refractivity (Wildman–Crippen MR) is 54.8 cm³/mol. The van der Waals surface area contributed by atoms with Gasteiger partial charge in [0.15, 0.2) is 0 Å². The quantitative estimate of drug-likeness (QED) is 0.601. The average Bonchev–Trinajstić information content (AvgIpc) is 2.50. The van der Waals surface area contributed by atoms with Crippen LogP contribution in [0.3, 0.4) is 0 Å². The van der Waals surface area contributed by atoms with Gasteiger partial charge in [-0.1, -0.05) is 0 Å². The van der Waals surface area contributed by atoms with E-state index in [-0.39, 0.29) is 11.6 Å². The van der Waals surface area contributed by atoms with Crippen molar-refractivity contribution in [2.24, 2.45) is 0 Å². The maximum atomic E-state index is 9.79. The van der Waals surface area contributed by atoms with Crippen LogP contribution < -0.4 is 10.6 Å². The Labute approximate surface area is 80.9 Å². The largest absolute Gasteiger partial charge is 0.390 e. The third kappa shape index (κ3) is 4.07. The van der Waals surface area contributed by atoms with Crippen LogP contribution in [0.15, 0.2) is 0 Å². The number of β-amino-alcohol motifs (C(OH)–C–C–N with tert-alkyl or cyclic N) is 1. The molecule has 0 amide bonds. The standard InChI is InChI=1S/C10H22N2O/c1-10(2,3)12-7-9(13)8-5-4-6-11-8/h8-9,11-13H,4-7H2,1-3H3. The minimum Gasteiger partial charge on any atom is -0.390 e. The van der Waals surface area contributed by atoms with E-state index in [1.165, 1.54) is 6.42 Å². The molecule has 3 nitrogen and oxygen atoms in total. The lowest BCUT2D eigenvalue weighted by Gasteiger charge is -2.25. The van der Waals surface area contributed by atoms with Gasteiger partial charge in [0.25, 0.3) is 0 Å². The lowest BCUT2D eigenvalue weighted by atomic mass is 10.1. The van der Waals surface area contributed by atoms with Gasteiger partial charge in [0.2, 0.25) is 0 Å². The first kappa shape index (κ1) is 11.0. The lowest BCUT2D eigenvalue weighted by molar-refractivity contribution is 0.125. The summed E-state index contributed by atoms with van der Waals surface area (Å²) in [6, 6.07) is 0.301. The number of hydrogen-bond donors (Lipinski definition) is 3. The molecule has 1 fully saturated rings. The average molecular weight is 186 g/mol. The summed E-state index contributed by atoms with van der Waals surface area (Å²) >= 11 is 0. The SMILES string of the molecule is CC(C)(C)NCC(O)C1CCCN1. The molecule has 0 aromatic carbocycles. The number of aliphatic hydroxyl groups excluding tert-OH is 1. The second kappa shape index (κ2) is 4.40. The topological polar surface area (TPSA) is 44.3 Å². The van der Waals surface area contributed by atoms with Gasteiger partial charge in [0.1, 0.15) is 0 Å². The molecule has 78 valence electrons. The van der Waals surface area contributed by atoms with E-state index in [0.717, 1.165) is 13.0 Å². The Morgan fingerprint density at radius 1 is 1.54 bits per heavy atom. The second-order valence-electron chi connectivity index (χ2n) is 4.90. The first-order chi connectivity index (χ1) is 5.99. The number of hydrogen-bond acceptors (Lipinski definition) is 3. The molecule has 1 heterocycles. The zero-order chi connectivity index (χ0) is 9.90. The van der Waals surface area contributed by atoms with Gasteiger partial charge < -0.3 is 15.7 Å². The highest BCUT2D eigenvalue weighted by molar-refractivity contribution is 4.84. The van der Waals surface area contributed by atoms with E-state index in [0.29, 0.717) is 12.6 Å². The van der Waals surface area contributed by atoms with Gasteiger partial charge in [-0.05, 0) is 40.2 Å². The van der Waals surface area contributed by atoms with E-state index in [1.54, 1.807) is 0 Å². The minimum atomic E-state index is -0.248. The summed E-state index contributed by atoms with van der Waals surface area (Å²) in [7, 11) is 0. The summed E-state index contributed by atoms with van der Waals surface area (Å²) in [4.78, 5) is 0. The van der Waals surface area contributed by atoms with Gasteiger partial charge in [0, 0.05) is 18.1 Å². The van der Waals surface area contributed by atoms with Crippen molar-refractivity contribution >= 4 is 0 Å². The maximum Gasteiger partial charge on any atom is 0.0817 e. The third-order valence-electron chi connectivity index (χ3n) is 2.40. The summed E-state index contributed by atoms with van der Waals surface area (Å²) in [6.07, 6.45) is 2.05. The van der Waals surface area contributed by atoms with Crippen LogP contribution in [0.25, 0.3) is 0 Å². The van der Waals surface area contributed by atoms with Crippen LogP contribution in [0.4, 0.5) is 0 Å². The van der Waals surface area contributed by atoms with Crippen LogP contribution in [0.2, 0.25) is 0 Å². The molecule has 3 N–H and O–H groups in total. The Morgan fingerprint density at radius 3 is 2.69 bits per heavy atom. The van der Waals surface area contributed by atoms with Crippen molar-refractivity contribution in [1.82, 2.24) is 10.6 Å². The molecule has 1 saturated heterocycles. The zero-order valence-electron chi connectivity index (χ0n) is 8.93. The summed E-state index contributed by atoms with van der Waals surface area (Å²) < 4.78 is 0. The molecule has 1 rings (SSSR count). The van der Waals surface area contributed by atoms with Crippen LogP contribution in [0.1, 0.15) is 33.6 Å². The number of nitrogens with one attached hydrogen (secondary N) is 2. The monoisotopic (exact) mass is 186 g/mol.